The van der Waals surface area contributed by atoms with E-state index >= 15 is 0 Å². The minimum atomic E-state index is -0.302. The number of rotatable bonds is 6. The Morgan fingerprint density at radius 1 is 1.03 bits per heavy atom. The quantitative estimate of drug-likeness (QED) is 0.477. The summed E-state index contributed by atoms with van der Waals surface area (Å²) >= 11 is 1.45. The molecule has 8 heteroatoms. The lowest BCUT2D eigenvalue weighted by atomic mass is 9.95. The maximum atomic E-state index is 14.0. The van der Waals surface area contributed by atoms with Crippen LogP contribution in [0.1, 0.15) is 54.1 Å². The van der Waals surface area contributed by atoms with Crippen LogP contribution in [-0.2, 0) is 6.42 Å². The third-order valence-electron chi connectivity index (χ3n) is 6.51. The number of ketones is 1. The number of benzene rings is 2. The van der Waals surface area contributed by atoms with Crippen molar-refractivity contribution in [3.63, 3.8) is 0 Å². The van der Waals surface area contributed by atoms with Crippen molar-refractivity contribution in [3.05, 3.63) is 53.3 Å². The Balaban J connectivity index is 1.49. The first-order valence-electron chi connectivity index (χ1n) is 11.3. The first-order chi connectivity index (χ1) is 16.1. The van der Waals surface area contributed by atoms with Crippen LogP contribution in [-0.4, -0.2) is 40.0 Å². The first-order valence-corrected chi connectivity index (χ1v) is 12.1. The molecule has 3 aromatic rings. The zero-order chi connectivity index (χ0) is 22.9. The molecule has 0 radical (unpaired) electrons. The van der Waals surface area contributed by atoms with Gasteiger partial charge in [-0.2, -0.15) is 0 Å². The second-order valence-electron chi connectivity index (χ2n) is 8.52. The Morgan fingerprint density at radius 3 is 2.52 bits per heavy atom. The van der Waals surface area contributed by atoms with Crippen molar-refractivity contribution >= 4 is 17.5 Å². The molecule has 1 atom stereocenters. The van der Waals surface area contributed by atoms with Crippen LogP contribution in [0.15, 0.2) is 41.6 Å². The van der Waals surface area contributed by atoms with Crippen molar-refractivity contribution in [3.8, 4) is 22.9 Å². The number of aromatic nitrogens is 3. The van der Waals surface area contributed by atoms with Gasteiger partial charge in [0.2, 0.25) is 0 Å². The van der Waals surface area contributed by atoms with E-state index in [1.165, 1.54) is 30.3 Å². The Bertz CT molecular complexity index is 1190. The minimum Gasteiger partial charge on any atom is -0.493 e. The number of thioether (sulfide) groups is 1. The predicted molar refractivity (Wildman–Crippen MR) is 125 cm³/mol. The van der Waals surface area contributed by atoms with Crippen molar-refractivity contribution in [1.29, 1.82) is 0 Å². The molecule has 1 fully saturated rings. The molecule has 0 saturated heterocycles. The molecule has 5 rings (SSSR count). The molecule has 1 saturated carbocycles. The second-order valence-corrected chi connectivity index (χ2v) is 9.69. The summed E-state index contributed by atoms with van der Waals surface area (Å²) in [6, 6.07) is 10.4. The summed E-state index contributed by atoms with van der Waals surface area (Å²) in [4.78, 5) is 13.3. The van der Waals surface area contributed by atoms with E-state index in [0.717, 1.165) is 31.2 Å². The molecule has 0 N–H and O–H groups in total. The van der Waals surface area contributed by atoms with Crippen LogP contribution in [0, 0.1) is 5.82 Å². The number of hydrogen-bond donors (Lipinski definition) is 0. The molecule has 2 aliphatic carbocycles. The Morgan fingerprint density at radius 2 is 1.79 bits per heavy atom. The maximum absolute atomic E-state index is 14.0. The van der Waals surface area contributed by atoms with Crippen LogP contribution < -0.4 is 9.47 Å². The van der Waals surface area contributed by atoms with Crippen molar-refractivity contribution in [2.75, 3.05) is 14.2 Å². The average Bonchev–Trinajstić information content (AvgIpc) is 3.39. The molecule has 1 heterocycles. The van der Waals surface area contributed by atoms with E-state index in [1.807, 2.05) is 12.1 Å². The van der Waals surface area contributed by atoms with Crippen molar-refractivity contribution < 1.29 is 18.7 Å². The topological polar surface area (TPSA) is 66.2 Å². The minimum absolute atomic E-state index is 0.0569. The molecule has 6 nitrogen and oxygen atoms in total. The third kappa shape index (κ3) is 4.12. The molecule has 1 aromatic heterocycles. The average molecular weight is 468 g/mol. The van der Waals surface area contributed by atoms with Gasteiger partial charge in [-0.15, -0.1) is 10.2 Å². The van der Waals surface area contributed by atoms with Crippen molar-refractivity contribution in [2.45, 2.75) is 55.0 Å². The van der Waals surface area contributed by atoms with Gasteiger partial charge in [0.1, 0.15) is 5.82 Å². The number of halogens is 1. The van der Waals surface area contributed by atoms with E-state index < -0.39 is 0 Å². The molecule has 2 aliphatic rings. The molecule has 0 spiro atoms. The summed E-state index contributed by atoms with van der Waals surface area (Å²) in [7, 11) is 3.16. The lowest BCUT2D eigenvalue weighted by Crippen LogP contribution is -2.18. The van der Waals surface area contributed by atoms with Gasteiger partial charge in [0.05, 0.1) is 19.5 Å². The fraction of sp³-hybridized carbons (Fsp3) is 0.400. The summed E-state index contributed by atoms with van der Waals surface area (Å²) in [6.45, 7) is 0. The van der Waals surface area contributed by atoms with E-state index in [4.69, 9.17) is 9.47 Å². The van der Waals surface area contributed by atoms with Crippen molar-refractivity contribution in [1.82, 2.24) is 14.8 Å². The first kappa shape index (κ1) is 21.9. The van der Waals surface area contributed by atoms with E-state index in [2.05, 4.69) is 14.8 Å². The van der Waals surface area contributed by atoms with Gasteiger partial charge in [-0.05, 0) is 49.1 Å². The van der Waals surface area contributed by atoms with Crippen LogP contribution >= 0.6 is 11.8 Å². The molecular weight excluding hydrogens is 441 g/mol. The smallest absolute Gasteiger partial charge is 0.192 e. The zero-order valence-electron chi connectivity index (χ0n) is 18.7. The number of nitrogens with zero attached hydrogens (tertiary/aromatic N) is 3. The van der Waals surface area contributed by atoms with Gasteiger partial charge >= 0.3 is 0 Å². The number of Topliss-reactive ketones (excluding diaryl/α,β-unsaturated/α-hetero) is 1. The van der Waals surface area contributed by atoms with Gasteiger partial charge in [0.25, 0.3) is 0 Å². The number of carbonyl (C=O) groups is 1. The monoisotopic (exact) mass is 467 g/mol. The highest BCUT2D eigenvalue weighted by Crippen LogP contribution is 2.42. The molecule has 2 aromatic carbocycles. The normalized spacial score (nSPS) is 18.4. The van der Waals surface area contributed by atoms with E-state index in [9.17, 15) is 9.18 Å². The van der Waals surface area contributed by atoms with Crippen LogP contribution in [0.3, 0.4) is 0 Å². The van der Waals surface area contributed by atoms with E-state index in [1.54, 1.807) is 26.4 Å². The second kappa shape index (κ2) is 9.17. The summed E-state index contributed by atoms with van der Waals surface area (Å²) in [5, 5.41) is 9.34. The Hall–Kier alpha value is -2.87. The molecule has 33 heavy (non-hydrogen) atoms. The van der Waals surface area contributed by atoms with Gasteiger partial charge < -0.3 is 9.47 Å². The number of methoxy groups -OCH3 is 2. The standard InChI is InChI=1S/C25H26FN3O3S/c1-31-20-12-16-13-22(23(30)19(16)14-21(20)32-2)33-25-28-27-24(15-7-6-8-17(26)11-15)29(25)18-9-4-3-5-10-18/h6-8,11-12,14,18,22H,3-5,9-10,13H2,1-2H3/t22-/m0/s1. The highest BCUT2D eigenvalue weighted by atomic mass is 32.2. The van der Waals surface area contributed by atoms with Crippen LogP contribution in [0.4, 0.5) is 4.39 Å². The summed E-state index contributed by atoms with van der Waals surface area (Å²) < 4.78 is 26.9. The fourth-order valence-electron chi connectivity index (χ4n) is 4.86. The van der Waals surface area contributed by atoms with E-state index in [-0.39, 0.29) is 22.9 Å². The van der Waals surface area contributed by atoms with Gasteiger partial charge in [0.15, 0.2) is 28.3 Å². The molecular formula is C25H26FN3O3S. The summed E-state index contributed by atoms with van der Waals surface area (Å²) in [5.41, 5.74) is 2.32. The van der Waals surface area contributed by atoms with Crippen LogP contribution in [0.25, 0.3) is 11.4 Å². The van der Waals surface area contributed by atoms with Crippen molar-refractivity contribution in [2.24, 2.45) is 0 Å². The fourth-order valence-corrected chi connectivity index (χ4v) is 6.05. The van der Waals surface area contributed by atoms with Crippen LogP contribution in [0.2, 0.25) is 0 Å². The number of hydrogen-bond acceptors (Lipinski definition) is 6. The van der Waals surface area contributed by atoms with Gasteiger partial charge in [-0.1, -0.05) is 43.2 Å². The lowest BCUT2D eigenvalue weighted by molar-refractivity contribution is 0.0999. The number of carbonyl (C=O) groups excluding carboxylic acids is 1. The lowest BCUT2D eigenvalue weighted by Gasteiger charge is -2.26. The molecule has 172 valence electrons. The molecule has 0 unspecified atom stereocenters. The van der Waals surface area contributed by atoms with Gasteiger partial charge in [-0.3, -0.25) is 9.36 Å². The summed E-state index contributed by atoms with van der Waals surface area (Å²) in [6.07, 6.45) is 6.15. The number of fused-ring (bicyclic) bond motifs is 1. The highest BCUT2D eigenvalue weighted by molar-refractivity contribution is 8.00. The SMILES string of the molecule is COc1cc2c(cc1OC)C(=O)[C@@H](Sc1nnc(-c3cccc(F)c3)n1C1CCCCC1)C2. The highest BCUT2D eigenvalue weighted by Gasteiger charge is 2.35. The predicted octanol–water partition coefficient (Wildman–Crippen LogP) is 5.51. The summed E-state index contributed by atoms with van der Waals surface area (Å²) in [5.74, 6) is 1.59. The van der Waals surface area contributed by atoms with Gasteiger partial charge in [-0.25, -0.2) is 4.39 Å². The third-order valence-corrected chi connectivity index (χ3v) is 7.66. The Labute approximate surface area is 196 Å². The maximum Gasteiger partial charge on any atom is 0.192 e. The molecule has 0 bridgehead atoms. The molecule has 0 aliphatic heterocycles. The number of ether oxygens (including phenoxy) is 2. The van der Waals surface area contributed by atoms with Gasteiger partial charge in [0, 0.05) is 17.2 Å². The van der Waals surface area contributed by atoms with Crippen LogP contribution in [0.5, 0.6) is 11.5 Å². The molecule has 0 amide bonds. The Kier molecular flexibility index (Phi) is 6.10. The van der Waals surface area contributed by atoms with E-state index in [0.29, 0.717) is 40.0 Å². The largest absolute Gasteiger partial charge is 0.493 e. The zero-order valence-corrected chi connectivity index (χ0v) is 19.5.